The molecule has 2 saturated heterocycles. The number of likely N-dealkylation sites (N-methyl/N-ethyl adjacent to an activating group) is 1. The van der Waals surface area contributed by atoms with Gasteiger partial charge in [0.25, 0.3) is 0 Å². The zero-order chi connectivity index (χ0) is 20.7. The van der Waals surface area contributed by atoms with E-state index in [0.29, 0.717) is 10.2 Å². The molecule has 6 nitrogen and oxygen atoms in total. The fraction of sp³-hybridized carbons (Fsp3) is 0.455. The molecule has 8 heteroatoms. The first kappa shape index (κ1) is 20.1. The summed E-state index contributed by atoms with van der Waals surface area (Å²) in [6.45, 7) is 4.07. The van der Waals surface area contributed by atoms with Gasteiger partial charge in [-0.25, -0.2) is 4.98 Å². The van der Waals surface area contributed by atoms with Crippen molar-refractivity contribution in [3.8, 4) is 0 Å². The second-order valence-corrected chi connectivity index (χ2v) is 8.99. The topological polar surface area (TPSA) is 48.7 Å². The lowest BCUT2D eigenvalue weighted by Gasteiger charge is -2.34. The summed E-state index contributed by atoms with van der Waals surface area (Å²) in [5.74, 6) is 1.12. The number of nitrogens with one attached hydrogen (secondary N) is 1. The molecule has 5 rings (SSSR count). The predicted octanol–water partition coefficient (Wildman–Crippen LogP) is 4.34. The maximum atomic E-state index is 6.95. The Hall–Kier alpha value is -1.86. The van der Waals surface area contributed by atoms with Crippen LogP contribution in [0.3, 0.4) is 0 Å². The summed E-state index contributed by atoms with van der Waals surface area (Å²) in [7, 11) is 2.17. The standard InChI is InChI=1S/C22H26Cl2N6/c1-28-11-13-29(14-12-28)19-9-3-8-18-27-21(22(24)30(18)19)17-7-2-6-16(26-17)20-15(23)5-4-10-25-20/h3-5,8-10,16-17,26H,2,6-7,11-14H2,1H3/t16-,17+/m0/s1. The van der Waals surface area contributed by atoms with Crippen LogP contribution in [0.25, 0.3) is 5.65 Å². The summed E-state index contributed by atoms with van der Waals surface area (Å²) in [5, 5.41) is 5.11. The molecule has 2 aliphatic rings. The van der Waals surface area contributed by atoms with Crippen LogP contribution in [-0.4, -0.2) is 52.5 Å². The van der Waals surface area contributed by atoms with E-state index >= 15 is 0 Å². The predicted molar refractivity (Wildman–Crippen MR) is 122 cm³/mol. The average molecular weight is 445 g/mol. The summed E-state index contributed by atoms with van der Waals surface area (Å²) >= 11 is 13.4. The van der Waals surface area contributed by atoms with Crippen molar-refractivity contribution in [2.24, 2.45) is 0 Å². The summed E-state index contributed by atoms with van der Waals surface area (Å²) in [4.78, 5) is 14.2. The van der Waals surface area contributed by atoms with E-state index in [9.17, 15) is 0 Å². The monoisotopic (exact) mass is 444 g/mol. The lowest BCUT2D eigenvalue weighted by molar-refractivity contribution is 0.311. The zero-order valence-corrected chi connectivity index (χ0v) is 18.6. The number of nitrogens with zero attached hydrogens (tertiary/aromatic N) is 5. The third kappa shape index (κ3) is 3.66. The van der Waals surface area contributed by atoms with E-state index in [2.05, 4.69) is 43.7 Å². The molecule has 2 atom stereocenters. The Kier molecular flexibility index (Phi) is 5.58. The quantitative estimate of drug-likeness (QED) is 0.650. The molecule has 0 amide bonds. The van der Waals surface area contributed by atoms with Gasteiger partial charge in [0.15, 0.2) is 0 Å². The Balaban J connectivity index is 1.47. The van der Waals surface area contributed by atoms with E-state index in [1.807, 2.05) is 18.2 Å². The molecule has 1 N–H and O–H groups in total. The molecule has 0 radical (unpaired) electrons. The molecule has 2 aliphatic heterocycles. The molecular weight excluding hydrogens is 419 g/mol. The minimum Gasteiger partial charge on any atom is -0.355 e. The molecule has 2 fully saturated rings. The smallest absolute Gasteiger partial charge is 0.139 e. The van der Waals surface area contributed by atoms with Gasteiger partial charge in [-0.15, -0.1) is 0 Å². The highest BCUT2D eigenvalue weighted by atomic mass is 35.5. The largest absolute Gasteiger partial charge is 0.355 e. The number of fused-ring (bicyclic) bond motifs is 1. The summed E-state index contributed by atoms with van der Waals surface area (Å²) in [5.41, 5.74) is 2.71. The van der Waals surface area contributed by atoms with Crippen molar-refractivity contribution < 1.29 is 0 Å². The van der Waals surface area contributed by atoms with Gasteiger partial charge in [0.2, 0.25) is 0 Å². The maximum Gasteiger partial charge on any atom is 0.139 e. The number of piperazine rings is 1. The first-order valence-electron chi connectivity index (χ1n) is 10.6. The highest BCUT2D eigenvalue weighted by Gasteiger charge is 2.30. The SMILES string of the molecule is CN1CCN(c2cccc3nc([C@H]4CCC[C@@H](c5ncccc5Cl)N4)c(Cl)n23)CC1. The molecule has 0 aromatic carbocycles. The zero-order valence-electron chi connectivity index (χ0n) is 17.1. The highest BCUT2D eigenvalue weighted by Crippen LogP contribution is 2.37. The lowest BCUT2D eigenvalue weighted by Crippen LogP contribution is -2.45. The van der Waals surface area contributed by atoms with Crippen LogP contribution in [0.1, 0.15) is 42.7 Å². The molecule has 0 bridgehead atoms. The molecule has 3 aromatic heterocycles. The minimum absolute atomic E-state index is 0.0783. The highest BCUT2D eigenvalue weighted by molar-refractivity contribution is 6.31. The Morgan fingerprint density at radius 2 is 1.73 bits per heavy atom. The van der Waals surface area contributed by atoms with Crippen LogP contribution in [0.4, 0.5) is 5.82 Å². The lowest BCUT2D eigenvalue weighted by atomic mass is 9.94. The van der Waals surface area contributed by atoms with Gasteiger partial charge in [0, 0.05) is 32.4 Å². The van der Waals surface area contributed by atoms with Crippen LogP contribution in [0.2, 0.25) is 10.2 Å². The minimum atomic E-state index is 0.0783. The van der Waals surface area contributed by atoms with Crippen molar-refractivity contribution in [2.45, 2.75) is 31.3 Å². The first-order chi connectivity index (χ1) is 14.6. The van der Waals surface area contributed by atoms with E-state index in [-0.39, 0.29) is 12.1 Å². The molecule has 158 valence electrons. The van der Waals surface area contributed by atoms with Gasteiger partial charge in [0.05, 0.1) is 28.5 Å². The van der Waals surface area contributed by atoms with Crippen molar-refractivity contribution in [3.63, 3.8) is 0 Å². The van der Waals surface area contributed by atoms with Crippen LogP contribution >= 0.6 is 23.2 Å². The summed E-state index contributed by atoms with van der Waals surface area (Å²) < 4.78 is 2.10. The van der Waals surface area contributed by atoms with Gasteiger partial charge in [-0.3, -0.25) is 9.38 Å². The second-order valence-electron chi connectivity index (χ2n) is 8.23. The van der Waals surface area contributed by atoms with E-state index in [1.54, 1.807) is 6.20 Å². The number of hydrogen-bond donors (Lipinski definition) is 1. The summed E-state index contributed by atoms with van der Waals surface area (Å²) in [6, 6.07) is 10.2. The molecule has 30 heavy (non-hydrogen) atoms. The van der Waals surface area contributed by atoms with Crippen molar-refractivity contribution in [3.05, 3.63) is 58.1 Å². The molecule has 0 saturated carbocycles. The van der Waals surface area contributed by atoms with Gasteiger partial charge < -0.3 is 15.1 Å². The van der Waals surface area contributed by atoms with Crippen molar-refractivity contribution in [1.82, 2.24) is 24.6 Å². The molecular formula is C22H26Cl2N6. The van der Waals surface area contributed by atoms with Gasteiger partial charge in [-0.05, 0) is 50.6 Å². The number of piperidine rings is 1. The van der Waals surface area contributed by atoms with E-state index < -0.39 is 0 Å². The number of imidazole rings is 1. The number of pyridine rings is 2. The number of hydrogen-bond acceptors (Lipinski definition) is 5. The van der Waals surface area contributed by atoms with E-state index in [1.165, 1.54) is 0 Å². The first-order valence-corrected chi connectivity index (χ1v) is 11.3. The average Bonchev–Trinajstić information content (AvgIpc) is 3.12. The van der Waals surface area contributed by atoms with E-state index in [4.69, 9.17) is 28.2 Å². The number of rotatable bonds is 3. The van der Waals surface area contributed by atoms with Gasteiger partial charge in [0.1, 0.15) is 16.6 Å². The normalized spacial score (nSPS) is 23.2. The van der Waals surface area contributed by atoms with Crippen molar-refractivity contribution >= 4 is 34.7 Å². The number of aromatic nitrogens is 3. The fourth-order valence-electron chi connectivity index (χ4n) is 4.58. The van der Waals surface area contributed by atoms with Crippen molar-refractivity contribution in [1.29, 1.82) is 0 Å². The Labute approximate surface area is 186 Å². The third-order valence-corrected chi connectivity index (χ3v) is 6.94. The molecule has 0 unspecified atom stereocenters. The Bertz CT molecular complexity index is 1040. The van der Waals surface area contributed by atoms with Crippen molar-refractivity contribution in [2.75, 3.05) is 38.1 Å². The van der Waals surface area contributed by atoms with Crippen LogP contribution < -0.4 is 10.2 Å². The fourth-order valence-corrected chi connectivity index (χ4v) is 5.18. The molecule has 0 spiro atoms. The number of anilines is 1. The Morgan fingerprint density at radius 3 is 2.50 bits per heavy atom. The maximum absolute atomic E-state index is 6.95. The molecule has 3 aromatic rings. The molecule has 0 aliphatic carbocycles. The molecule has 5 heterocycles. The Morgan fingerprint density at radius 1 is 0.967 bits per heavy atom. The van der Waals surface area contributed by atoms with Crippen LogP contribution in [0, 0.1) is 0 Å². The third-order valence-electron chi connectivity index (χ3n) is 6.25. The second kappa shape index (κ2) is 8.35. The van der Waals surface area contributed by atoms with Gasteiger partial charge in [-0.2, -0.15) is 0 Å². The van der Waals surface area contributed by atoms with Gasteiger partial charge in [-0.1, -0.05) is 29.3 Å². The summed E-state index contributed by atoms with van der Waals surface area (Å²) in [6.07, 6.45) is 4.87. The van der Waals surface area contributed by atoms with Gasteiger partial charge >= 0.3 is 0 Å². The van der Waals surface area contributed by atoms with Crippen LogP contribution in [0.15, 0.2) is 36.5 Å². The van der Waals surface area contributed by atoms with Crippen LogP contribution in [-0.2, 0) is 0 Å². The van der Waals surface area contributed by atoms with Crippen LogP contribution in [0.5, 0.6) is 0 Å². The number of halogens is 2. The van der Waals surface area contributed by atoms with E-state index in [0.717, 1.165) is 68.3 Å².